The van der Waals surface area contributed by atoms with Crippen molar-refractivity contribution in [3.8, 4) is 0 Å². The second kappa shape index (κ2) is 6.64. The van der Waals surface area contributed by atoms with E-state index in [9.17, 15) is 9.59 Å². The van der Waals surface area contributed by atoms with Crippen molar-refractivity contribution in [2.24, 2.45) is 11.8 Å². The summed E-state index contributed by atoms with van der Waals surface area (Å²) < 4.78 is 5.47. The van der Waals surface area contributed by atoms with Gasteiger partial charge < -0.3 is 14.5 Å². The summed E-state index contributed by atoms with van der Waals surface area (Å²) in [5.74, 6) is 0.829. The van der Waals surface area contributed by atoms with E-state index in [2.05, 4.69) is 11.8 Å². The van der Waals surface area contributed by atoms with Crippen LogP contribution in [-0.2, 0) is 14.3 Å². The van der Waals surface area contributed by atoms with Crippen molar-refractivity contribution in [3.05, 3.63) is 0 Å². The Morgan fingerprint density at radius 1 is 1.17 bits per heavy atom. The highest BCUT2D eigenvalue weighted by Gasteiger charge is 2.45. The number of hydrogen-bond acceptors (Lipinski definition) is 4. The minimum absolute atomic E-state index is 0.112. The molecular weight excluding hydrogens is 306 g/mol. The zero-order chi connectivity index (χ0) is 16.7. The Hall–Kier alpha value is -1.14. The third-order valence-electron chi connectivity index (χ3n) is 6.25. The van der Waals surface area contributed by atoms with Crippen molar-refractivity contribution < 1.29 is 14.3 Å². The highest BCUT2D eigenvalue weighted by Crippen LogP contribution is 2.34. The van der Waals surface area contributed by atoms with E-state index in [1.165, 1.54) is 0 Å². The summed E-state index contributed by atoms with van der Waals surface area (Å²) in [6.45, 7) is 8.10. The maximum absolute atomic E-state index is 13.0. The van der Waals surface area contributed by atoms with Crippen LogP contribution in [0, 0.1) is 11.8 Å². The lowest BCUT2D eigenvalue weighted by Crippen LogP contribution is -2.47. The van der Waals surface area contributed by atoms with Crippen LogP contribution in [0.3, 0.4) is 0 Å². The lowest BCUT2D eigenvalue weighted by atomic mass is 9.99. The summed E-state index contributed by atoms with van der Waals surface area (Å²) in [5.41, 5.74) is 0. The molecule has 134 valence electrons. The molecule has 0 N–H and O–H groups in total. The van der Waals surface area contributed by atoms with Crippen LogP contribution in [0.1, 0.15) is 32.6 Å². The SMILES string of the molecule is CC[C@@H]1CN(C(=O)[C@H]2CC(=O)N(C3CC3)C2)C[C@@H]1N1CCOCC1. The Kier molecular flexibility index (Phi) is 4.52. The van der Waals surface area contributed by atoms with Crippen molar-refractivity contribution in [1.29, 1.82) is 0 Å². The molecule has 0 aromatic rings. The molecule has 3 aliphatic heterocycles. The van der Waals surface area contributed by atoms with Gasteiger partial charge in [-0.25, -0.2) is 0 Å². The molecule has 1 saturated carbocycles. The van der Waals surface area contributed by atoms with Gasteiger partial charge in [0.2, 0.25) is 11.8 Å². The lowest BCUT2D eigenvalue weighted by Gasteiger charge is -2.34. The van der Waals surface area contributed by atoms with Gasteiger partial charge in [-0.05, 0) is 18.8 Å². The first-order valence-corrected chi connectivity index (χ1v) is 9.57. The zero-order valence-electron chi connectivity index (χ0n) is 14.7. The predicted molar refractivity (Wildman–Crippen MR) is 89.4 cm³/mol. The summed E-state index contributed by atoms with van der Waals surface area (Å²) in [6, 6.07) is 0.887. The van der Waals surface area contributed by atoms with Crippen molar-refractivity contribution in [1.82, 2.24) is 14.7 Å². The maximum Gasteiger partial charge on any atom is 0.228 e. The van der Waals surface area contributed by atoms with E-state index in [4.69, 9.17) is 4.74 Å². The first-order chi connectivity index (χ1) is 11.7. The molecule has 6 nitrogen and oxygen atoms in total. The van der Waals surface area contributed by atoms with Crippen LogP contribution in [0.15, 0.2) is 0 Å². The van der Waals surface area contributed by atoms with Crippen molar-refractivity contribution in [3.63, 3.8) is 0 Å². The van der Waals surface area contributed by atoms with Crippen molar-refractivity contribution in [2.75, 3.05) is 45.9 Å². The predicted octanol–water partition coefficient (Wildman–Crippen LogP) is 0.567. The average Bonchev–Trinajstić information content (AvgIpc) is 3.24. The number of carbonyl (C=O) groups is 2. The van der Waals surface area contributed by atoms with Crippen LogP contribution in [-0.4, -0.2) is 84.5 Å². The van der Waals surface area contributed by atoms with Crippen LogP contribution < -0.4 is 0 Å². The molecule has 4 aliphatic rings. The van der Waals surface area contributed by atoms with Gasteiger partial charge >= 0.3 is 0 Å². The Bertz CT molecular complexity index is 502. The fraction of sp³-hybridized carbons (Fsp3) is 0.889. The monoisotopic (exact) mass is 335 g/mol. The van der Waals surface area contributed by atoms with E-state index in [-0.39, 0.29) is 17.7 Å². The molecule has 4 fully saturated rings. The third kappa shape index (κ3) is 3.06. The van der Waals surface area contributed by atoms with Gasteiger partial charge in [-0.2, -0.15) is 0 Å². The molecular formula is C18H29N3O3. The van der Waals surface area contributed by atoms with E-state index in [0.717, 1.165) is 58.7 Å². The summed E-state index contributed by atoms with van der Waals surface area (Å²) >= 11 is 0. The van der Waals surface area contributed by atoms with Crippen molar-refractivity contribution in [2.45, 2.75) is 44.7 Å². The summed E-state index contributed by atoms with van der Waals surface area (Å²) in [4.78, 5) is 31.6. The first kappa shape index (κ1) is 16.3. The summed E-state index contributed by atoms with van der Waals surface area (Å²) in [7, 11) is 0. The number of morpholine rings is 1. The van der Waals surface area contributed by atoms with Gasteiger partial charge in [-0.1, -0.05) is 13.3 Å². The van der Waals surface area contributed by atoms with Crippen molar-refractivity contribution >= 4 is 11.8 Å². The Morgan fingerprint density at radius 2 is 1.92 bits per heavy atom. The fourth-order valence-corrected chi connectivity index (χ4v) is 4.65. The van der Waals surface area contributed by atoms with Gasteiger partial charge in [0, 0.05) is 51.2 Å². The van der Waals surface area contributed by atoms with E-state index in [1.54, 1.807) is 0 Å². The number of carbonyl (C=O) groups excluding carboxylic acids is 2. The zero-order valence-corrected chi connectivity index (χ0v) is 14.7. The molecule has 0 bridgehead atoms. The van der Waals surface area contributed by atoms with E-state index >= 15 is 0 Å². The van der Waals surface area contributed by atoms with Crippen LogP contribution in [0.5, 0.6) is 0 Å². The van der Waals surface area contributed by atoms with Gasteiger partial charge in [0.25, 0.3) is 0 Å². The molecule has 0 unspecified atom stereocenters. The fourth-order valence-electron chi connectivity index (χ4n) is 4.65. The second-order valence-corrected chi connectivity index (χ2v) is 7.81. The number of nitrogens with zero attached hydrogens (tertiary/aromatic N) is 3. The molecule has 3 heterocycles. The summed E-state index contributed by atoms with van der Waals surface area (Å²) in [5, 5.41) is 0. The topological polar surface area (TPSA) is 53.1 Å². The normalized spacial score (nSPS) is 35.0. The number of ether oxygens (including phenoxy) is 1. The van der Waals surface area contributed by atoms with E-state index in [0.29, 0.717) is 31.0 Å². The first-order valence-electron chi connectivity index (χ1n) is 9.57. The Morgan fingerprint density at radius 3 is 2.58 bits per heavy atom. The molecule has 3 atom stereocenters. The highest BCUT2D eigenvalue weighted by molar-refractivity contribution is 5.89. The van der Waals surface area contributed by atoms with E-state index in [1.807, 2.05) is 9.80 Å². The second-order valence-electron chi connectivity index (χ2n) is 7.81. The van der Waals surface area contributed by atoms with Gasteiger partial charge in [-0.15, -0.1) is 0 Å². The number of hydrogen-bond donors (Lipinski definition) is 0. The molecule has 0 radical (unpaired) electrons. The Balaban J connectivity index is 1.39. The molecule has 4 rings (SSSR count). The van der Waals surface area contributed by atoms with Crippen LogP contribution in [0.4, 0.5) is 0 Å². The quantitative estimate of drug-likeness (QED) is 0.754. The molecule has 0 aromatic heterocycles. The Labute approximate surface area is 144 Å². The number of amides is 2. The maximum atomic E-state index is 13.0. The number of rotatable bonds is 4. The minimum Gasteiger partial charge on any atom is -0.379 e. The van der Waals surface area contributed by atoms with E-state index < -0.39 is 0 Å². The molecule has 2 amide bonds. The molecule has 6 heteroatoms. The van der Waals surface area contributed by atoms with Crippen LogP contribution in [0.25, 0.3) is 0 Å². The van der Waals surface area contributed by atoms with Gasteiger partial charge in [0.15, 0.2) is 0 Å². The summed E-state index contributed by atoms with van der Waals surface area (Å²) in [6.07, 6.45) is 3.76. The largest absolute Gasteiger partial charge is 0.379 e. The highest BCUT2D eigenvalue weighted by atomic mass is 16.5. The number of likely N-dealkylation sites (tertiary alicyclic amines) is 2. The molecule has 24 heavy (non-hydrogen) atoms. The van der Waals surface area contributed by atoms with Gasteiger partial charge in [0.05, 0.1) is 19.1 Å². The molecule has 3 saturated heterocycles. The minimum atomic E-state index is -0.112. The molecule has 0 aromatic carbocycles. The smallest absolute Gasteiger partial charge is 0.228 e. The lowest BCUT2D eigenvalue weighted by molar-refractivity contribution is -0.135. The van der Waals surface area contributed by atoms with Crippen LogP contribution in [0.2, 0.25) is 0 Å². The van der Waals surface area contributed by atoms with Crippen LogP contribution >= 0.6 is 0 Å². The van der Waals surface area contributed by atoms with Gasteiger partial charge in [-0.3, -0.25) is 14.5 Å². The van der Waals surface area contributed by atoms with Gasteiger partial charge in [0.1, 0.15) is 0 Å². The molecule has 1 aliphatic carbocycles. The standard InChI is InChI=1S/C18H29N3O3/c1-2-13-10-20(12-16(13)19-5-7-24-8-6-19)18(23)14-9-17(22)21(11-14)15-3-4-15/h13-16H,2-12H2,1H3/t13-,14+,16+/m1/s1. The molecule has 0 spiro atoms. The average molecular weight is 335 g/mol. The third-order valence-corrected chi connectivity index (χ3v) is 6.25.